The second kappa shape index (κ2) is 7.81. The fraction of sp³-hybridized carbons (Fsp3) is 0.471. The molecule has 1 unspecified atom stereocenters. The third kappa shape index (κ3) is 4.47. The summed E-state index contributed by atoms with van der Waals surface area (Å²) in [5.74, 6) is -1.57. The Morgan fingerprint density at radius 1 is 1.29 bits per heavy atom. The molecule has 130 valence electrons. The van der Waals surface area contributed by atoms with E-state index in [1.807, 2.05) is 13.8 Å². The predicted molar refractivity (Wildman–Crippen MR) is 90.1 cm³/mol. The first-order chi connectivity index (χ1) is 11.4. The molecule has 2 rings (SSSR count). The van der Waals surface area contributed by atoms with Crippen LogP contribution in [0.2, 0.25) is 0 Å². The zero-order valence-corrected chi connectivity index (χ0v) is 13.9. The molecular formula is C17H23N3O4. The summed E-state index contributed by atoms with van der Waals surface area (Å²) in [6.45, 7) is 5.20. The predicted octanol–water partition coefficient (Wildman–Crippen LogP) is 1.69. The monoisotopic (exact) mass is 333 g/mol. The molecule has 0 saturated carbocycles. The van der Waals surface area contributed by atoms with E-state index < -0.39 is 11.9 Å². The van der Waals surface area contributed by atoms with Crippen molar-refractivity contribution in [2.24, 2.45) is 11.8 Å². The van der Waals surface area contributed by atoms with Crippen LogP contribution in [0.15, 0.2) is 24.3 Å². The first-order valence-corrected chi connectivity index (χ1v) is 8.05. The second-order valence-electron chi connectivity index (χ2n) is 6.31. The van der Waals surface area contributed by atoms with Crippen LogP contribution in [-0.2, 0) is 4.79 Å². The maximum atomic E-state index is 12.2. The van der Waals surface area contributed by atoms with Gasteiger partial charge in [0.15, 0.2) is 0 Å². The molecule has 0 aromatic heterocycles. The van der Waals surface area contributed by atoms with Crippen LogP contribution >= 0.6 is 0 Å². The van der Waals surface area contributed by atoms with Crippen LogP contribution in [0.25, 0.3) is 0 Å². The Kier molecular flexibility index (Phi) is 5.78. The first-order valence-electron chi connectivity index (χ1n) is 8.05. The van der Waals surface area contributed by atoms with Crippen LogP contribution in [0.4, 0.5) is 10.5 Å². The summed E-state index contributed by atoms with van der Waals surface area (Å²) in [5.41, 5.74) is 1.16. The lowest BCUT2D eigenvalue weighted by molar-refractivity contribution is -0.142. The number of hydrogen-bond donors (Lipinski definition) is 3. The SMILES string of the molecule is CC(C)CC(CNC(=O)c1ccc(N2CCNC2=O)cc1)C(=O)O. The number of nitrogens with one attached hydrogen (secondary N) is 2. The molecular weight excluding hydrogens is 310 g/mol. The Hall–Kier alpha value is -2.57. The summed E-state index contributed by atoms with van der Waals surface area (Å²) in [7, 11) is 0. The number of anilines is 1. The Balaban J connectivity index is 1.94. The van der Waals surface area contributed by atoms with Crippen molar-refractivity contribution in [3.8, 4) is 0 Å². The fourth-order valence-corrected chi connectivity index (χ4v) is 2.67. The van der Waals surface area contributed by atoms with Crippen molar-refractivity contribution in [1.29, 1.82) is 0 Å². The molecule has 1 aliphatic rings. The van der Waals surface area contributed by atoms with E-state index in [2.05, 4.69) is 10.6 Å². The Labute approximate surface area is 141 Å². The number of nitrogens with zero attached hydrogens (tertiary/aromatic N) is 1. The number of carbonyl (C=O) groups is 3. The van der Waals surface area contributed by atoms with Gasteiger partial charge in [0.2, 0.25) is 0 Å². The average Bonchev–Trinajstić information content (AvgIpc) is 2.96. The number of benzene rings is 1. The lowest BCUT2D eigenvalue weighted by atomic mass is 9.97. The van der Waals surface area contributed by atoms with E-state index in [1.54, 1.807) is 29.2 Å². The Morgan fingerprint density at radius 2 is 1.96 bits per heavy atom. The highest BCUT2D eigenvalue weighted by atomic mass is 16.4. The number of carboxylic acid groups (broad SMARTS) is 1. The van der Waals surface area contributed by atoms with Crippen molar-refractivity contribution in [2.45, 2.75) is 20.3 Å². The number of carboxylic acids is 1. The Morgan fingerprint density at radius 3 is 2.46 bits per heavy atom. The zero-order chi connectivity index (χ0) is 17.7. The topological polar surface area (TPSA) is 98.7 Å². The van der Waals surface area contributed by atoms with Crippen molar-refractivity contribution in [3.63, 3.8) is 0 Å². The maximum Gasteiger partial charge on any atom is 0.321 e. The van der Waals surface area contributed by atoms with Crippen LogP contribution in [0.1, 0.15) is 30.6 Å². The van der Waals surface area contributed by atoms with E-state index in [0.29, 0.717) is 25.1 Å². The first kappa shape index (κ1) is 17.8. The van der Waals surface area contributed by atoms with Gasteiger partial charge in [-0.05, 0) is 36.6 Å². The minimum Gasteiger partial charge on any atom is -0.481 e. The number of hydrogen-bond acceptors (Lipinski definition) is 3. The largest absolute Gasteiger partial charge is 0.481 e. The van der Waals surface area contributed by atoms with Gasteiger partial charge in [-0.15, -0.1) is 0 Å². The van der Waals surface area contributed by atoms with Gasteiger partial charge in [0.1, 0.15) is 0 Å². The summed E-state index contributed by atoms with van der Waals surface area (Å²) in [4.78, 5) is 36.6. The quantitative estimate of drug-likeness (QED) is 0.707. The standard InChI is InChI=1S/C17H23N3O4/c1-11(2)9-13(16(22)23)10-19-15(21)12-3-5-14(6-4-12)20-8-7-18-17(20)24/h3-6,11,13H,7-10H2,1-2H3,(H,18,24)(H,19,21)(H,22,23). The smallest absolute Gasteiger partial charge is 0.321 e. The molecule has 0 aliphatic carbocycles. The van der Waals surface area contributed by atoms with E-state index >= 15 is 0 Å². The molecule has 3 N–H and O–H groups in total. The zero-order valence-electron chi connectivity index (χ0n) is 13.9. The average molecular weight is 333 g/mol. The van der Waals surface area contributed by atoms with Crippen molar-refractivity contribution < 1.29 is 19.5 Å². The highest BCUT2D eigenvalue weighted by molar-refractivity contribution is 5.97. The number of amides is 3. The molecule has 1 aromatic rings. The molecule has 0 radical (unpaired) electrons. The molecule has 1 saturated heterocycles. The van der Waals surface area contributed by atoms with Gasteiger partial charge in [-0.2, -0.15) is 0 Å². The molecule has 1 aromatic carbocycles. The van der Waals surface area contributed by atoms with E-state index in [0.717, 1.165) is 5.69 Å². The third-order valence-electron chi connectivity index (χ3n) is 3.91. The minimum absolute atomic E-state index is 0.0998. The van der Waals surface area contributed by atoms with E-state index in [1.165, 1.54) is 0 Å². The highest BCUT2D eigenvalue weighted by Gasteiger charge is 2.22. The summed E-state index contributed by atoms with van der Waals surface area (Å²) in [6, 6.07) is 6.54. The van der Waals surface area contributed by atoms with E-state index in [4.69, 9.17) is 0 Å². The molecule has 3 amide bonds. The molecule has 0 spiro atoms. The van der Waals surface area contributed by atoms with Gasteiger partial charge in [-0.3, -0.25) is 14.5 Å². The molecule has 1 aliphatic heterocycles. The number of aliphatic carboxylic acids is 1. The van der Waals surface area contributed by atoms with E-state index in [9.17, 15) is 19.5 Å². The summed E-state index contributed by atoms with van der Waals surface area (Å²) in [5, 5.41) is 14.6. The number of carbonyl (C=O) groups excluding carboxylic acids is 2. The van der Waals surface area contributed by atoms with Gasteiger partial charge in [0, 0.05) is 30.9 Å². The summed E-state index contributed by atoms with van der Waals surface area (Å²) in [6.07, 6.45) is 0.513. The van der Waals surface area contributed by atoms with Crippen molar-refractivity contribution in [2.75, 3.05) is 24.5 Å². The lowest BCUT2D eigenvalue weighted by Gasteiger charge is -2.16. The van der Waals surface area contributed by atoms with Gasteiger partial charge >= 0.3 is 12.0 Å². The third-order valence-corrected chi connectivity index (χ3v) is 3.91. The molecule has 0 bridgehead atoms. The van der Waals surface area contributed by atoms with Crippen molar-refractivity contribution in [1.82, 2.24) is 10.6 Å². The van der Waals surface area contributed by atoms with Crippen LogP contribution < -0.4 is 15.5 Å². The van der Waals surface area contributed by atoms with Crippen LogP contribution in [0.3, 0.4) is 0 Å². The highest BCUT2D eigenvalue weighted by Crippen LogP contribution is 2.17. The summed E-state index contributed by atoms with van der Waals surface area (Å²) >= 11 is 0. The van der Waals surface area contributed by atoms with Gasteiger partial charge in [0.25, 0.3) is 5.91 Å². The fourth-order valence-electron chi connectivity index (χ4n) is 2.67. The minimum atomic E-state index is -0.903. The molecule has 1 heterocycles. The number of urea groups is 1. The van der Waals surface area contributed by atoms with Gasteiger partial charge in [-0.25, -0.2) is 4.79 Å². The van der Waals surface area contributed by atoms with Gasteiger partial charge in [0.05, 0.1) is 5.92 Å². The van der Waals surface area contributed by atoms with Crippen LogP contribution in [0, 0.1) is 11.8 Å². The van der Waals surface area contributed by atoms with Crippen molar-refractivity contribution >= 4 is 23.6 Å². The van der Waals surface area contributed by atoms with Gasteiger partial charge in [-0.1, -0.05) is 13.8 Å². The number of rotatable bonds is 7. The van der Waals surface area contributed by atoms with Crippen LogP contribution in [-0.4, -0.2) is 42.6 Å². The van der Waals surface area contributed by atoms with E-state index in [-0.39, 0.29) is 24.4 Å². The molecule has 7 heteroatoms. The van der Waals surface area contributed by atoms with Gasteiger partial charge < -0.3 is 15.7 Å². The molecule has 1 atom stereocenters. The normalized spacial score (nSPS) is 15.3. The molecule has 24 heavy (non-hydrogen) atoms. The van der Waals surface area contributed by atoms with Crippen LogP contribution in [0.5, 0.6) is 0 Å². The molecule has 1 fully saturated rings. The second-order valence-corrected chi connectivity index (χ2v) is 6.31. The van der Waals surface area contributed by atoms with Crippen molar-refractivity contribution in [3.05, 3.63) is 29.8 Å². The lowest BCUT2D eigenvalue weighted by Crippen LogP contribution is -2.33. The molecule has 7 nitrogen and oxygen atoms in total. The Bertz CT molecular complexity index is 613. The maximum absolute atomic E-state index is 12.2. The summed E-state index contributed by atoms with van der Waals surface area (Å²) < 4.78 is 0.